The maximum atomic E-state index is 12.5. The van der Waals surface area contributed by atoms with Gasteiger partial charge < -0.3 is 19.1 Å². The summed E-state index contributed by atoms with van der Waals surface area (Å²) in [5, 5.41) is 0. The number of nitrogens with zero attached hydrogens (tertiary/aromatic N) is 2. The molecular formula is C20H28N2O5. The van der Waals surface area contributed by atoms with Gasteiger partial charge in [-0.1, -0.05) is 0 Å². The quantitative estimate of drug-likeness (QED) is 0.733. The lowest BCUT2D eigenvalue weighted by Crippen LogP contribution is -2.50. The van der Waals surface area contributed by atoms with Crippen molar-refractivity contribution < 1.29 is 23.8 Å². The first-order valence-electron chi connectivity index (χ1n) is 9.37. The first-order chi connectivity index (χ1) is 12.5. The van der Waals surface area contributed by atoms with E-state index in [1.165, 1.54) is 0 Å². The van der Waals surface area contributed by atoms with Crippen LogP contribution in [0, 0.1) is 0 Å². The highest BCUT2D eigenvalue weighted by atomic mass is 16.6. The van der Waals surface area contributed by atoms with E-state index in [0.717, 1.165) is 18.4 Å². The summed E-state index contributed by atoms with van der Waals surface area (Å²) in [6.07, 6.45) is 2.56. The minimum atomic E-state index is -0.697. The number of carbonyl (C=O) groups excluding carboxylic acids is 2. The van der Waals surface area contributed by atoms with Crippen molar-refractivity contribution in [3.63, 3.8) is 0 Å². The number of rotatable bonds is 2. The highest BCUT2D eigenvalue weighted by molar-refractivity contribution is 5.96. The third kappa shape index (κ3) is 4.01. The van der Waals surface area contributed by atoms with Crippen LogP contribution < -0.4 is 4.74 Å². The Hall–Kier alpha value is -2.31. The van der Waals surface area contributed by atoms with Crippen molar-refractivity contribution in [3.05, 3.63) is 23.4 Å². The minimum Gasteiger partial charge on any atom is -0.472 e. The molecule has 0 unspecified atom stereocenters. The van der Waals surface area contributed by atoms with Crippen LogP contribution in [0.2, 0.25) is 0 Å². The van der Waals surface area contributed by atoms with Gasteiger partial charge >= 0.3 is 12.1 Å². The number of hydrogen-bond donors (Lipinski definition) is 0. The molecule has 2 atom stereocenters. The first kappa shape index (κ1) is 19.5. The second-order valence-corrected chi connectivity index (χ2v) is 8.74. The Labute approximate surface area is 160 Å². The molecule has 0 bridgehead atoms. The molecular weight excluding hydrogens is 348 g/mol. The zero-order valence-corrected chi connectivity index (χ0v) is 16.9. The molecule has 1 aromatic heterocycles. The van der Waals surface area contributed by atoms with E-state index in [2.05, 4.69) is 4.98 Å². The third-order valence-electron chi connectivity index (χ3n) is 4.86. The van der Waals surface area contributed by atoms with Crippen molar-refractivity contribution in [1.29, 1.82) is 0 Å². The van der Waals surface area contributed by atoms with Crippen LogP contribution in [0.5, 0.6) is 5.88 Å². The monoisotopic (exact) mass is 376 g/mol. The number of aromatic nitrogens is 1. The molecule has 2 aliphatic rings. The third-order valence-corrected chi connectivity index (χ3v) is 4.86. The largest absolute Gasteiger partial charge is 0.472 e. The van der Waals surface area contributed by atoms with Gasteiger partial charge in [0.2, 0.25) is 5.88 Å². The van der Waals surface area contributed by atoms with E-state index in [0.29, 0.717) is 12.1 Å². The Balaban J connectivity index is 1.77. The standard InChI is InChI=1S/C20H28N2O5/c1-12-7-8-13(11-22(12)18(24)27-19(2,3)4)25-16-15-14(9-10-21-16)20(5,6)26-17(15)23/h9-10,12-13H,7-8,11H2,1-6H3/t12-,13-/m1/s1. The van der Waals surface area contributed by atoms with E-state index in [1.54, 1.807) is 17.2 Å². The fraction of sp³-hybridized carbons (Fsp3) is 0.650. The average molecular weight is 376 g/mol. The van der Waals surface area contributed by atoms with Gasteiger partial charge in [0.25, 0.3) is 0 Å². The topological polar surface area (TPSA) is 78.0 Å². The Morgan fingerprint density at radius 3 is 2.70 bits per heavy atom. The van der Waals surface area contributed by atoms with Gasteiger partial charge in [0.05, 0.1) is 6.54 Å². The number of pyridine rings is 1. The summed E-state index contributed by atoms with van der Waals surface area (Å²) in [5.74, 6) is -0.155. The molecule has 148 valence electrons. The zero-order chi connectivity index (χ0) is 20.0. The van der Waals surface area contributed by atoms with Crippen molar-refractivity contribution in [3.8, 4) is 5.88 Å². The van der Waals surface area contributed by atoms with Crippen LogP contribution in [0.3, 0.4) is 0 Å². The minimum absolute atomic E-state index is 0.0676. The van der Waals surface area contributed by atoms with Crippen LogP contribution >= 0.6 is 0 Å². The van der Waals surface area contributed by atoms with Crippen LogP contribution in [0.15, 0.2) is 12.3 Å². The maximum absolute atomic E-state index is 12.5. The molecule has 3 heterocycles. The number of cyclic esters (lactones) is 1. The number of esters is 1. The number of fused-ring (bicyclic) bond motifs is 1. The maximum Gasteiger partial charge on any atom is 0.410 e. The van der Waals surface area contributed by atoms with Gasteiger partial charge in [-0.2, -0.15) is 0 Å². The van der Waals surface area contributed by atoms with Gasteiger partial charge in [0, 0.05) is 17.8 Å². The number of piperidine rings is 1. The lowest BCUT2D eigenvalue weighted by molar-refractivity contribution is -0.00655. The van der Waals surface area contributed by atoms with Crippen LogP contribution in [-0.4, -0.2) is 46.2 Å². The molecule has 0 spiro atoms. The van der Waals surface area contributed by atoms with Gasteiger partial charge in [-0.25, -0.2) is 14.6 Å². The SMILES string of the molecule is C[C@@H]1CC[C@@H](Oc2nccc3c2C(=O)OC3(C)C)CN1C(=O)OC(C)(C)C. The van der Waals surface area contributed by atoms with Crippen molar-refractivity contribution in [2.24, 2.45) is 0 Å². The van der Waals surface area contributed by atoms with Crippen LogP contribution in [0.25, 0.3) is 0 Å². The molecule has 0 saturated carbocycles. The second-order valence-electron chi connectivity index (χ2n) is 8.74. The second kappa shape index (κ2) is 6.69. The highest BCUT2D eigenvalue weighted by Crippen LogP contribution is 2.39. The molecule has 27 heavy (non-hydrogen) atoms. The van der Waals surface area contributed by atoms with E-state index < -0.39 is 17.2 Å². The lowest BCUT2D eigenvalue weighted by atomic mass is 9.97. The van der Waals surface area contributed by atoms with Crippen molar-refractivity contribution in [2.45, 2.75) is 77.7 Å². The number of ether oxygens (including phenoxy) is 3. The summed E-state index contributed by atoms with van der Waals surface area (Å²) < 4.78 is 17.0. The van der Waals surface area contributed by atoms with Crippen LogP contribution in [0.4, 0.5) is 4.79 Å². The number of hydrogen-bond acceptors (Lipinski definition) is 6. The van der Waals surface area contributed by atoms with E-state index in [1.807, 2.05) is 41.5 Å². The molecule has 0 aromatic carbocycles. The molecule has 7 nitrogen and oxygen atoms in total. The Bertz CT molecular complexity index is 753. The molecule has 0 aliphatic carbocycles. The highest BCUT2D eigenvalue weighted by Gasteiger charge is 2.41. The Morgan fingerprint density at radius 1 is 1.33 bits per heavy atom. The zero-order valence-electron chi connectivity index (χ0n) is 16.9. The van der Waals surface area contributed by atoms with Gasteiger partial charge in [0.1, 0.15) is 22.9 Å². The average Bonchev–Trinajstić information content (AvgIpc) is 2.78. The van der Waals surface area contributed by atoms with E-state index in [-0.39, 0.29) is 24.1 Å². The molecule has 2 aliphatic heterocycles. The molecule has 1 amide bonds. The normalized spacial score (nSPS) is 24.2. The number of amides is 1. The van der Waals surface area contributed by atoms with Gasteiger partial charge in [-0.15, -0.1) is 0 Å². The molecule has 1 saturated heterocycles. The summed E-state index contributed by atoms with van der Waals surface area (Å²) in [6, 6.07) is 1.85. The van der Waals surface area contributed by atoms with E-state index in [4.69, 9.17) is 14.2 Å². The number of carbonyl (C=O) groups is 2. The predicted molar refractivity (Wildman–Crippen MR) is 98.7 cm³/mol. The van der Waals surface area contributed by atoms with Crippen LogP contribution in [0.1, 0.15) is 70.3 Å². The summed E-state index contributed by atoms with van der Waals surface area (Å²) in [4.78, 5) is 30.7. The van der Waals surface area contributed by atoms with Crippen LogP contribution in [-0.2, 0) is 15.1 Å². The fourth-order valence-corrected chi connectivity index (χ4v) is 3.47. The molecule has 0 N–H and O–H groups in total. The van der Waals surface area contributed by atoms with Crippen molar-refractivity contribution >= 4 is 12.1 Å². The lowest BCUT2D eigenvalue weighted by Gasteiger charge is -2.38. The summed E-state index contributed by atoms with van der Waals surface area (Å²) in [6.45, 7) is 11.6. The molecule has 0 radical (unpaired) electrons. The van der Waals surface area contributed by atoms with Gasteiger partial charge in [-0.3, -0.25) is 0 Å². The van der Waals surface area contributed by atoms with Crippen molar-refractivity contribution in [2.75, 3.05) is 6.54 Å². The van der Waals surface area contributed by atoms with E-state index in [9.17, 15) is 9.59 Å². The molecule has 1 fully saturated rings. The Kier molecular flexibility index (Phi) is 4.82. The smallest absolute Gasteiger partial charge is 0.410 e. The van der Waals surface area contributed by atoms with E-state index >= 15 is 0 Å². The molecule has 1 aromatic rings. The first-order valence-corrected chi connectivity index (χ1v) is 9.37. The van der Waals surface area contributed by atoms with Crippen molar-refractivity contribution in [1.82, 2.24) is 9.88 Å². The summed E-state index contributed by atoms with van der Waals surface area (Å²) in [5.41, 5.74) is -0.102. The summed E-state index contributed by atoms with van der Waals surface area (Å²) in [7, 11) is 0. The fourth-order valence-electron chi connectivity index (χ4n) is 3.47. The predicted octanol–water partition coefficient (Wildman–Crippen LogP) is 3.65. The Morgan fingerprint density at radius 2 is 2.04 bits per heavy atom. The molecule has 7 heteroatoms. The van der Waals surface area contributed by atoms with Gasteiger partial charge in [0.15, 0.2) is 0 Å². The summed E-state index contributed by atoms with van der Waals surface area (Å²) >= 11 is 0. The van der Waals surface area contributed by atoms with Gasteiger partial charge in [-0.05, 0) is 60.5 Å². The molecule has 3 rings (SSSR count). The number of likely N-dealkylation sites (tertiary alicyclic amines) is 1.